The molecular weight excluding hydrogens is 386 g/mol. The van der Waals surface area contributed by atoms with Crippen molar-refractivity contribution in [2.45, 2.75) is 26.8 Å². The van der Waals surface area contributed by atoms with Crippen LogP contribution in [0, 0.1) is 13.8 Å². The molecule has 2 aromatic rings. The molecule has 0 saturated heterocycles. The summed E-state index contributed by atoms with van der Waals surface area (Å²) in [7, 11) is 0. The van der Waals surface area contributed by atoms with Gasteiger partial charge >= 0.3 is 0 Å². The summed E-state index contributed by atoms with van der Waals surface area (Å²) in [5.74, 6) is 0. The van der Waals surface area contributed by atoms with Crippen molar-refractivity contribution in [3.63, 3.8) is 0 Å². The Labute approximate surface area is 135 Å². The van der Waals surface area contributed by atoms with E-state index < -0.39 is 0 Å². The Bertz CT molecular complexity index is 578. The lowest BCUT2D eigenvalue weighted by Crippen LogP contribution is -2.22. The van der Waals surface area contributed by atoms with E-state index in [1.165, 1.54) is 25.4 Å². The lowest BCUT2D eigenvalue weighted by atomic mass is 10.00. The molecule has 0 aliphatic heterocycles. The molecule has 0 aliphatic rings. The normalized spacial score (nSPS) is 12.7. The molecule has 0 radical (unpaired) electrons. The minimum absolute atomic E-state index is 0.246. The highest BCUT2D eigenvalue weighted by atomic mass is 79.9. The van der Waals surface area contributed by atoms with Crippen LogP contribution in [0.4, 0.5) is 0 Å². The predicted molar refractivity (Wildman–Crippen MR) is 91.2 cm³/mol. The summed E-state index contributed by atoms with van der Waals surface area (Å²) < 4.78 is 2.36. The van der Waals surface area contributed by atoms with Crippen LogP contribution in [-0.4, -0.2) is 6.54 Å². The fourth-order valence-corrected chi connectivity index (χ4v) is 4.54. The van der Waals surface area contributed by atoms with Gasteiger partial charge in [-0.2, -0.15) is 0 Å². The molecule has 0 fully saturated rings. The lowest BCUT2D eigenvalue weighted by molar-refractivity contribution is 0.634. The van der Waals surface area contributed by atoms with Crippen molar-refractivity contribution in [2.24, 2.45) is 0 Å². The van der Waals surface area contributed by atoms with Gasteiger partial charge in [-0.3, -0.25) is 0 Å². The van der Waals surface area contributed by atoms with Crippen LogP contribution in [0.2, 0.25) is 0 Å². The summed E-state index contributed by atoms with van der Waals surface area (Å²) in [4.78, 5) is 2.68. The van der Waals surface area contributed by atoms with Gasteiger partial charge in [-0.15, -0.1) is 11.3 Å². The molecule has 102 valence electrons. The summed E-state index contributed by atoms with van der Waals surface area (Å²) in [6.07, 6.45) is 0. The monoisotopic (exact) mass is 401 g/mol. The molecule has 0 amide bonds. The Morgan fingerprint density at radius 3 is 2.53 bits per heavy atom. The molecule has 0 bridgehead atoms. The second-order valence-corrected chi connectivity index (χ2v) is 7.51. The van der Waals surface area contributed by atoms with E-state index in [0.29, 0.717) is 0 Å². The zero-order valence-electron chi connectivity index (χ0n) is 11.3. The molecule has 2 rings (SSSR count). The van der Waals surface area contributed by atoms with E-state index in [1.807, 2.05) is 11.3 Å². The molecule has 1 aromatic heterocycles. The third-order valence-corrected chi connectivity index (χ3v) is 6.02. The van der Waals surface area contributed by atoms with E-state index in [2.05, 4.69) is 82.2 Å². The minimum Gasteiger partial charge on any atom is -0.306 e. The Kier molecular flexibility index (Phi) is 5.23. The van der Waals surface area contributed by atoms with Gasteiger partial charge in [0.25, 0.3) is 0 Å². The largest absolute Gasteiger partial charge is 0.306 e. The first kappa shape index (κ1) is 15.2. The van der Waals surface area contributed by atoms with Crippen LogP contribution in [0.5, 0.6) is 0 Å². The molecule has 19 heavy (non-hydrogen) atoms. The average molecular weight is 403 g/mol. The highest BCUT2D eigenvalue weighted by Gasteiger charge is 2.20. The fraction of sp³-hybridized carbons (Fsp3) is 0.333. The number of halogens is 2. The van der Waals surface area contributed by atoms with Crippen LogP contribution >= 0.6 is 43.2 Å². The number of hydrogen-bond donors (Lipinski definition) is 1. The number of nitrogens with one attached hydrogen (secondary N) is 1. The molecule has 1 unspecified atom stereocenters. The van der Waals surface area contributed by atoms with Crippen molar-refractivity contribution in [3.8, 4) is 0 Å². The highest BCUT2D eigenvalue weighted by molar-refractivity contribution is 9.10. The van der Waals surface area contributed by atoms with Crippen LogP contribution in [0.15, 0.2) is 33.2 Å². The molecular formula is C15H17Br2NS. The standard InChI is InChI=1S/C15H17Br2NS/c1-4-18-14(15-13(17)8-9(2)19-15)11-6-5-7-12(16)10(11)3/h5-8,14,18H,4H2,1-3H3. The highest BCUT2D eigenvalue weighted by Crippen LogP contribution is 2.37. The van der Waals surface area contributed by atoms with Crippen LogP contribution in [-0.2, 0) is 0 Å². The fourth-order valence-electron chi connectivity index (χ4n) is 2.18. The summed E-state index contributed by atoms with van der Waals surface area (Å²) in [6.45, 7) is 7.41. The van der Waals surface area contributed by atoms with Crippen molar-refractivity contribution in [3.05, 3.63) is 54.1 Å². The van der Waals surface area contributed by atoms with E-state index in [0.717, 1.165) is 11.0 Å². The van der Waals surface area contributed by atoms with Crippen LogP contribution in [0.3, 0.4) is 0 Å². The van der Waals surface area contributed by atoms with Gasteiger partial charge in [-0.1, -0.05) is 35.0 Å². The molecule has 0 spiro atoms. The number of hydrogen-bond acceptors (Lipinski definition) is 2. The molecule has 1 atom stereocenters. The zero-order chi connectivity index (χ0) is 14.0. The maximum Gasteiger partial charge on any atom is 0.0685 e. The summed E-state index contributed by atoms with van der Waals surface area (Å²) in [5, 5.41) is 3.60. The van der Waals surface area contributed by atoms with E-state index >= 15 is 0 Å². The molecule has 1 N–H and O–H groups in total. The molecule has 1 nitrogen and oxygen atoms in total. The minimum atomic E-state index is 0.246. The summed E-state index contributed by atoms with van der Waals surface area (Å²) in [6, 6.07) is 8.84. The smallest absolute Gasteiger partial charge is 0.0685 e. The number of benzene rings is 1. The van der Waals surface area contributed by atoms with Crippen LogP contribution in [0.25, 0.3) is 0 Å². The van der Waals surface area contributed by atoms with Gasteiger partial charge in [0.2, 0.25) is 0 Å². The zero-order valence-corrected chi connectivity index (χ0v) is 15.2. The lowest BCUT2D eigenvalue weighted by Gasteiger charge is -2.20. The Hall–Kier alpha value is -0.160. The van der Waals surface area contributed by atoms with Crippen LogP contribution < -0.4 is 5.32 Å². The van der Waals surface area contributed by atoms with Gasteiger partial charge in [-0.25, -0.2) is 0 Å². The Morgan fingerprint density at radius 1 is 1.21 bits per heavy atom. The molecule has 1 heterocycles. The topological polar surface area (TPSA) is 12.0 Å². The van der Waals surface area contributed by atoms with E-state index in [9.17, 15) is 0 Å². The SMILES string of the molecule is CCNC(c1cccc(Br)c1C)c1sc(C)cc1Br. The summed E-state index contributed by atoms with van der Waals surface area (Å²) >= 11 is 9.16. The first-order valence-electron chi connectivity index (χ1n) is 6.28. The van der Waals surface area contributed by atoms with Crippen molar-refractivity contribution < 1.29 is 0 Å². The van der Waals surface area contributed by atoms with Crippen molar-refractivity contribution in [2.75, 3.05) is 6.54 Å². The predicted octanol–water partition coefficient (Wildman–Crippen LogP) is 5.59. The molecule has 0 saturated carbocycles. The maximum atomic E-state index is 3.69. The van der Waals surface area contributed by atoms with Gasteiger partial charge in [0.1, 0.15) is 0 Å². The number of thiophene rings is 1. The van der Waals surface area contributed by atoms with Gasteiger partial charge in [-0.05, 0) is 59.6 Å². The van der Waals surface area contributed by atoms with Gasteiger partial charge in [0.05, 0.1) is 6.04 Å². The first-order chi connectivity index (χ1) is 9.04. The first-order valence-corrected chi connectivity index (χ1v) is 8.69. The second-order valence-electron chi connectivity index (χ2n) is 4.51. The second kappa shape index (κ2) is 6.53. The molecule has 4 heteroatoms. The summed E-state index contributed by atoms with van der Waals surface area (Å²) in [5.41, 5.74) is 2.63. The van der Waals surface area contributed by atoms with Crippen molar-refractivity contribution in [1.29, 1.82) is 0 Å². The quantitative estimate of drug-likeness (QED) is 0.702. The third kappa shape index (κ3) is 3.30. The van der Waals surface area contributed by atoms with E-state index in [4.69, 9.17) is 0 Å². The molecule has 0 aliphatic carbocycles. The number of rotatable bonds is 4. The van der Waals surface area contributed by atoms with Crippen molar-refractivity contribution >= 4 is 43.2 Å². The third-order valence-electron chi connectivity index (χ3n) is 3.13. The van der Waals surface area contributed by atoms with Gasteiger partial charge in [0, 0.05) is 18.7 Å². The molecule has 1 aromatic carbocycles. The van der Waals surface area contributed by atoms with Gasteiger partial charge < -0.3 is 5.32 Å². The van der Waals surface area contributed by atoms with Crippen molar-refractivity contribution in [1.82, 2.24) is 5.32 Å². The number of aryl methyl sites for hydroxylation is 1. The van der Waals surface area contributed by atoms with Gasteiger partial charge in [0.15, 0.2) is 0 Å². The maximum absolute atomic E-state index is 3.69. The Balaban J connectivity index is 2.51. The van der Waals surface area contributed by atoms with Crippen LogP contribution in [0.1, 0.15) is 33.8 Å². The van der Waals surface area contributed by atoms with E-state index in [1.54, 1.807) is 0 Å². The Morgan fingerprint density at radius 2 is 1.95 bits per heavy atom. The van der Waals surface area contributed by atoms with E-state index in [-0.39, 0.29) is 6.04 Å². The average Bonchev–Trinajstić information content (AvgIpc) is 2.69.